The van der Waals surface area contributed by atoms with Crippen molar-refractivity contribution in [3.05, 3.63) is 64.7 Å². The van der Waals surface area contributed by atoms with Gasteiger partial charge in [-0.2, -0.15) is 0 Å². The molecule has 138 valence electrons. The van der Waals surface area contributed by atoms with E-state index in [0.29, 0.717) is 47.6 Å². The van der Waals surface area contributed by atoms with Crippen molar-refractivity contribution in [2.45, 2.75) is 19.0 Å². The van der Waals surface area contributed by atoms with Gasteiger partial charge in [-0.1, -0.05) is 36.4 Å². The Bertz CT molecular complexity index is 951. The van der Waals surface area contributed by atoms with E-state index in [1.807, 2.05) is 11.0 Å². The largest absolute Gasteiger partial charge is 0.358 e. The van der Waals surface area contributed by atoms with Gasteiger partial charge in [-0.3, -0.25) is 14.4 Å². The van der Waals surface area contributed by atoms with E-state index in [2.05, 4.69) is 5.32 Å². The molecule has 0 radical (unpaired) electrons. The van der Waals surface area contributed by atoms with Crippen LogP contribution in [0.15, 0.2) is 42.5 Å². The molecule has 2 aromatic carbocycles. The second-order valence-corrected chi connectivity index (χ2v) is 7.01. The van der Waals surface area contributed by atoms with Gasteiger partial charge < -0.3 is 16.0 Å². The third-order valence-electron chi connectivity index (χ3n) is 5.26. The van der Waals surface area contributed by atoms with E-state index in [9.17, 15) is 14.4 Å². The summed E-state index contributed by atoms with van der Waals surface area (Å²) in [6.45, 7) is 3.37. The second-order valence-electron chi connectivity index (χ2n) is 7.01. The molecule has 4 rings (SSSR count). The molecule has 6 heteroatoms. The second kappa shape index (κ2) is 6.72. The van der Waals surface area contributed by atoms with E-state index in [-0.39, 0.29) is 17.3 Å². The number of ketones is 3. The van der Waals surface area contributed by atoms with Crippen LogP contribution in [-0.2, 0) is 4.79 Å². The van der Waals surface area contributed by atoms with Crippen molar-refractivity contribution in [2.24, 2.45) is 5.73 Å². The number of piperazine rings is 1. The number of carbonyl (C=O) groups excluding carboxylic acids is 3. The van der Waals surface area contributed by atoms with Crippen LogP contribution in [0.25, 0.3) is 0 Å². The summed E-state index contributed by atoms with van der Waals surface area (Å²) < 4.78 is 0. The van der Waals surface area contributed by atoms with Gasteiger partial charge in [0.1, 0.15) is 6.04 Å². The lowest BCUT2D eigenvalue weighted by atomic mass is 9.82. The highest BCUT2D eigenvalue weighted by molar-refractivity contribution is 6.30. The van der Waals surface area contributed by atoms with Crippen molar-refractivity contribution in [3.63, 3.8) is 0 Å². The van der Waals surface area contributed by atoms with Gasteiger partial charge in [-0.05, 0) is 13.0 Å². The lowest BCUT2D eigenvalue weighted by Gasteiger charge is -2.39. The van der Waals surface area contributed by atoms with Gasteiger partial charge in [0.2, 0.25) is 0 Å². The first-order valence-electron chi connectivity index (χ1n) is 9.09. The van der Waals surface area contributed by atoms with Crippen LogP contribution in [0.5, 0.6) is 0 Å². The third-order valence-corrected chi connectivity index (χ3v) is 5.26. The Morgan fingerprint density at radius 3 is 2.44 bits per heavy atom. The first kappa shape index (κ1) is 17.6. The van der Waals surface area contributed by atoms with Gasteiger partial charge in [-0.15, -0.1) is 0 Å². The molecule has 2 aliphatic rings. The highest BCUT2D eigenvalue weighted by Crippen LogP contribution is 2.34. The molecule has 0 spiro atoms. The van der Waals surface area contributed by atoms with E-state index in [1.165, 1.54) is 0 Å². The maximum atomic E-state index is 13.2. The van der Waals surface area contributed by atoms with Crippen LogP contribution < -0.4 is 16.0 Å². The number of benzene rings is 2. The topological polar surface area (TPSA) is 92.5 Å². The minimum absolute atomic E-state index is 0.0882. The number of nitrogens with one attached hydrogen (secondary N) is 1. The van der Waals surface area contributed by atoms with Crippen molar-refractivity contribution >= 4 is 23.0 Å². The van der Waals surface area contributed by atoms with Gasteiger partial charge in [0.25, 0.3) is 0 Å². The van der Waals surface area contributed by atoms with E-state index >= 15 is 0 Å². The number of hydrogen-bond donors (Lipinski definition) is 2. The number of carbonyl (C=O) groups is 3. The summed E-state index contributed by atoms with van der Waals surface area (Å²) in [4.78, 5) is 40.7. The molecule has 0 amide bonds. The van der Waals surface area contributed by atoms with Crippen molar-refractivity contribution in [3.8, 4) is 0 Å². The summed E-state index contributed by atoms with van der Waals surface area (Å²) in [5.41, 5.74) is 8.07. The average molecular weight is 363 g/mol. The quantitative estimate of drug-likeness (QED) is 0.725. The molecule has 0 aromatic heterocycles. The van der Waals surface area contributed by atoms with Crippen LogP contribution >= 0.6 is 0 Å². The van der Waals surface area contributed by atoms with Crippen LogP contribution in [0.4, 0.5) is 5.69 Å². The smallest absolute Gasteiger partial charge is 0.196 e. The Labute approximate surface area is 157 Å². The first-order chi connectivity index (χ1) is 13.0. The molecule has 0 bridgehead atoms. The predicted octanol–water partition coefficient (Wildman–Crippen LogP) is 1.16. The molecule has 1 saturated heterocycles. The first-order valence-corrected chi connectivity index (χ1v) is 9.09. The Balaban J connectivity index is 1.85. The average Bonchev–Trinajstić information content (AvgIpc) is 2.71. The highest BCUT2D eigenvalue weighted by atomic mass is 16.1. The normalized spacial score (nSPS) is 20.1. The predicted molar refractivity (Wildman–Crippen MR) is 102 cm³/mol. The molecule has 2 atom stereocenters. The number of Topliss-reactive ketones (excluding diaryl/α,β-unsaturated/α-hetero) is 1. The summed E-state index contributed by atoms with van der Waals surface area (Å²) >= 11 is 0. The SMILES string of the molecule is C[C@H](N)C(=O)C1CNCCN1c1cccc2c1C(=O)c1ccccc1C2=O. The van der Waals surface area contributed by atoms with E-state index < -0.39 is 12.1 Å². The Morgan fingerprint density at radius 1 is 1.07 bits per heavy atom. The van der Waals surface area contributed by atoms with Gasteiger partial charge in [0.15, 0.2) is 17.3 Å². The van der Waals surface area contributed by atoms with Crippen LogP contribution in [0.1, 0.15) is 38.8 Å². The summed E-state index contributed by atoms with van der Waals surface area (Å²) in [5.74, 6) is -0.427. The zero-order chi connectivity index (χ0) is 19.1. The molecule has 6 nitrogen and oxygen atoms in total. The van der Waals surface area contributed by atoms with Crippen LogP contribution in [0, 0.1) is 0 Å². The number of nitrogens with two attached hydrogens (primary N) is 1. The minimum Gasteiger partial charge on any atom is -0.358 e. The molecule has 3 N–H and O–H groups in total. The van der Waals surface area contributed by atoms with E-state index in [4.69, 9.17) is 5.73 Å². The standard InChI is InChI=1S/C21H21N3O3/c1-12(22)19(25)17-11-23-9-10-24(17)16-8-4-7-15-18(16)21(27)14-6-3-2-5-13(14)20(15)26/h2-8,12,17,23H,9-11,22H2,1H3/t12-,17?/m0/s1. The van der Waals surface area contributed by atoms with Crippen molar-refractivity contribution in [1.29, 1.82) is 0 Å². The van der Waals surface area contributed by atoms with Crippen molar-refractivity contribution < 1.29 is 14.4 Å². The molecule has 27 heavy (non-hydrogen) atoms. The molecule has 1 aliphatic carbocycles. The molecule has 2 aromatic rings. The summed E-state index contributed by atoms with van der Waals surface area (Å²) in [7, 11) is 0. The van der Waals surface area contributed by atoms with Gasteiger partial charge in [-0.25, -0.2) is 0 Å². The Kier molecular flexibility index (Phi) is 4.37. The summed E-state index contributed by atoms with van der Waals surface area (Å²) in [6.07, 6.45) is 0. The maximum Gasteiger partial charge on any atom is 0.196 e. The monoisotopic (exact) mass is 363 g/mol. The fraction of sp³-hybridized carbons (Fsp3) is 0.286. The number of rotatable bonds is 3. The maximum absolute atomic E-state index is 13.2. The van der Waals surface area contributed by atoms with E-state index in [1.54, 1.807) is 43.3 Å². The zero-order valence-electron chi connectivity index (χ0n) is 15.1. The summed E-state index contributed by atoms with van der Waals surface area (Å²) in [6, 6.07) is 11.1. The molecular formula is C21H21N3O3. The molecule has 1 unspecified atom stereocenters. The van der Waals surface area contributed by atoms with Gasteiger partial charge in [0, 0.05) is 42.0 Å². The number of hydrogen-bond acceptors (Lipinski definition) is 6. The lowest BCUT2D eigenvalue weighted by molar-refractivity contribution is -0.121. The molecule has 1 aliphatic heterocycles. The third kappa shape index (κ3) is 2.78. The molecule has 0 saturated carbocycles. The van der Waals surface area contributed by atoms with Gasteiger partial charge >= 0.3 is 0 Å². The number of anilines is 1. The fourth-order valence-electron chi connectivity index (χ4n) is 3.92. The van der Waals surface area contributed by atoms with Gasteiger partial charge in [0.05, 0.1) is 11.6 Å². The van der Waals surface area contributed by atoms with Crippen LogP contribution in [-0.4, -0.2) is 49.1 Å². The lowest BCUT2D eigenvalue weighted by Crippen LogP contribution is -2.58. The molecular weight excluding hydrogens is 342 g/mol. The minimum atomic E-state index is -0.602. The molecule has 1 fully saturated rings. The Morgan fingerprint density at radius 2 is 1.74 bits per heavy atom. The van der Waals surface area contributed by atoms with Crippen LogP contribution in [0.3, 0.4) is 0 Å². The Hall–Kier alpha value is -2.83. The van der Waals surface area contributed by atoms with Crippen LogP contribution in [0.2, 0.25) is 0 Å². The van der Waals surface area contributed by atoms with Crippen molar-refractivity contribution in [1.82, 2.24) is 5.32 Å². The highest BCUT2D eigenvalue weighted by Gasteiger charge is 2.36. The van der Waals surface area contributed by atoms with E-state index in [0.717, 1.165) is 0 Å². The molecule has 1 heterocycles. The summed E-state index contributed by atoms with van der Waals surface area (Å²) in [5, 5.41) is 3.22. The number of fused-ring (bicyclic) bond motifs is 2. The zero-order valence-corrected chi connectivity index (χ0v) is 15.1. The fourth-order valence-corrected chi connectivity index (χ4v) is 3.92. The van der Waals surface area contributed by atoms with Crippen molar-refractivity contribution in [2.75, 3.05) is 24.5 Å². The number of nitrogens with zero attached hydrogens (tertiary/aromatic N) is 1.